The number of rotatable bonds is 6. The molecular weight excluding hydrogens is 384 g/mol. The summed E-state index contributed by atoms with van der Waals surface area (Å²) in [5.41, 5.74) is 3.36. The molecule has 1 aliphatic rings. The summed E-state index contributed by atoms with van der Waals surface area (Å²) in [6.07, 6.45) is 4.41. The van der Waals surface area contributed by atoms with Crippen molar-refractivity contribution >= 4 is 23.3 Å². The van der Waals surface area contributed by atoms with Crippen molar-refractivity contribution in [1.29, 1.82) is 0 Å². The third kappa shape index (κ3) is 5.69. The van der Waals surface area contributed by atoms with Gasteiger partial charge in [-0.3, -0.25) is 4.79 Å². The Labute approximate surface area is 179 Å². The highest BCUT2D eigenvalue weighted by Gasteiger charge is 2.22. The molecule has 6 heteroatoms. The number of benzene rings is 1. The largest absolute Gasteiger partial charge is 0.354 e. The average molecular weight is 415 g/mol. The van der Waals surface area contributed by atoms with Gasteiger partial charge in [-0.05, 0) is 44.4 Å². The minimum atomic E-state index is 0.283. The first kappa shape index (κ1) is 21.6. The number of anilines is 1. The van der Waals surface area contributed by atoms with E-state index in [1.54, 1.807) is 0 Å². The second kappa shape index (κ2) is 10.1. The van der Waals surface area contributed by atoms with Gasteiger partial charge in [-0.2, -0.15) is 0 Å². The Morgan fingerprint density at radius 1 is 1.07 bits per heavy atom. The van der Waals surface area contributed by atoms with Crippen molar-refractivity contribution in [3.63, 3.8) is 0 Å². The molecule has 5 nitrogen and oxygen atoms in total. The van der Waals surface area contributed by atoms with Crippen LogP contribution >= 0.6 is 11.6 Å². The molecule has 0 atom stereocenters. The number of carbonyl (C=O) groups is 1. The summed E-state index contributed by atoms with van der Waals surface area (Å²) in [5.74, 6) is 2.08. The first-order chi connectivity index (χ1) is 14.0. The molecule has 0 N–H and O–H groups in total. The van der Waals surface area contributed by atoms with Crippen LogP contribution in [0.25, 0.3) is 0 Å². The number of amides is 1. The van der Waals surface area contributed by atoms with E-state index in [9.17, 15) is 4.79 Å². The number of carbonyl (C=O) groups excluding carboxylic acids is 1. The molecule has 0 unspecified atom stereocenters. The lowest BCUT2D eigenvalue weighted by molar-refractivity contribution is -0.131. The molecule has 1 aromatic carbocycles. The second-order valence-corrected chi connectivity index (χ2v) is 8.22. The second-order valence-electron chi connectivity index (χ2n) is 7.79. The number of nitrogens with zero attached hydrogens (tertiary/aromatic N) is 4. The molecule has 29 heavy (non-hydrogen) atoms. The minimum absolute atomic E-state index is 0.283. The molecule has 1 saturated heterocycles. The van der Waals surface area contributed by atoms with Gasteiger partial charge in [0.15, 0.2) is 0 Å². The first-order valence-electron chi connectivity index (χ1n) is 10.6. The Bertz CT molecular complexity index is 838. The van der Waals surface area contributed by atoms with Gasteiger partial charge < -0.3 is 9.80 Å². The van der Waals surface area contributed by atoms with Crippen molar-refractivity contribution in [3.8, 4) is 0 Å². The van der Waals surface area contributed by atoms with Crippen LogP contribution in [0.2, 0.25) is 5.02 Å². The quantitative estimate of drug-likeness (QED) is 0.694. The highest BCUT2D eigenvalue weighted by molar-refractivity contribution is 6.30. The Balaban J connectivity index is 1.80. The van der Waals surface area contributed by atoms with Gasteiger partial charge in [0, 0.05) is 55.3 Å². The summed E-state index contributed by atoms with van der Waals surface area (Å²) in [7, 11) is 0. The van der Waals surface area contributed by atoms with Crippen molar-refractivity contribution in [1.82, 2.24) is 14.9 Å². The predicted molar refractivity (Wildman–Crippen MR) is 119 cm³/mol. The molecule has 2 heterocycles. The Kier molecular flexibility index (Phi) is 7.48. The molecule has 0 saturated carbocycles. The van der Waals surface area contributed by atoms with Crippen LogP contribution in [0.3, 0.4) is 0 Å². The number of aryl methyl sites for hydroxylation is 2. The molecule has 0 spiro atoms. The number of aromatic nitrogens is 2. The van der Waals surface area contributed by atoms with Crippen LogP contribution < -0.4 is 4.90 Å². The van der Waals surface area contributed by atoms with Crippen LogP contribution in [0.5, 0.6) is 0 Å². The van der Waals surface area contributed by atoms with Crippen LogP contribution in [-0.4, -0.2) is 47.0 Å². The van der Waals surface area contributed by atoms with Gasteiger partial charge in [0.05, 0.1) is 0 Å². The Morgan fingerprint density at radius 3 is 2.55 bits per heavy atom. The summed E-state index contributed by atoms with van der Waals surface area (Å²) < 4.78 is 0. The zero-order valence-corrected chi connectivity index (χ0v) is 18.5. The fourth-order valence-corrected chi connectivity index (χ4v) is 3.98. The highest BCUT2D eigenvalue weighted by atomic mass is 35.5. The zero-order chi connectivity index (χ0) is 20.8. The van der Waals surface area contributed by atoms with E-state index in [-0.39, 0.29) is 5.91 Å². The standard InChI is InChI=1S/C23H31ClN4O/c1-4-5-7-22(29)27-12-6-13-28(15-14-27)23-21(17(2)25-18(3)26-23)16-19-8-10-20(24)11-9-19/h8-11H,4-7,12-16H2,1-3H3. The number of hydrogen-bond acceptors (Lipinski definition) is 4. The van der Waals surface area contributed by atoms with Gasteiger partial charge in [0.2, 0.25) is 5.91 Å². The molecule has 1 aliphatic heterocycles. The number of halogens is 1. The van der Waals surface area contributed by atoms with E-state index in [0.717, 1.165) is 79.8 Å². The van der Waals surface area contributed by atoms with Crippen LogP contribution in [0.15, 0.2) is 24.3 Å². The van der Waals surface area contributed by atoms with Crippen molar-refractivity contribution < 1.29 is 4.79 Å². The molecule has 0 radical (unpaired) electrons. The number of unbranched alkanes of at least 4 members (excludes halogenated alkanes) is 1. The van der Waals surface area contributed by atoms with Gasteiger partial charge >= 0.3 is 0 Å². The maximum atomic E-state index is 12.5. The van der Waals surface area contributed by atoms with E-state index in [4.69, 9.17) is 16.6 Å². The van der Waals surface area contributed by atoms with Crippen LogP contribution in [0, 0.1) is 13.8 Å². The summed E-state index contributed by atoms with van der Waals surface area (Å²) in [5, 5.41) is 0.742. The molecule has 1 aromatic heterocycles. The SMILES string of the molecule is CCCCC(=O)N1CCCN(c2nc(C)nc(C)c2Cc2ccc(Cl)cc2)CC1. The summed E-state index contributed by atoms with van der Waals surface area (Å²) >= 11 is 6.04. The molecule has 3 rings (SSSR count). The summed E-state index contributed by atoms with van der Waals surface area (Å²) in [4.78, 5) is 26.3. The fourth-order valence-electron chi connectivity index (χ4n) is 3.86. The Hall–Kier alpha value is -2.14. The maximum Gasteiger partial charge on any atom is 0.222 e. The zero-order valence-electron chi connectivity index (χ0n) is 17.7. The average Bonchev–Trinajstić information content (AvgIpc) is 2.95. The first-order valence-corrected chi connectivity index (χ1v) is 11.0. The van der Waals surface area contributed by atoms with Crippen molar-refractivity contribution in [2.75, 3.05) is 31.1 Å². The van der Waals surface area contributed by atoms with Crippen molar-refractivity contribution in [3.05, 3.63) is 51.9 Å². The minimum Gasteiger partial charge on any atom is -0.354 e. The molecular formula is C23H31ClN4O. The third-order valence-corrected chi connectivity index (χ3v) is 5.74. The van der Waals surface area contributed by atoms with E-state index in [2.05, 4.69) is 35.9 Å². The molecule has 0 bridgehead atoms. The maximum absolute atomic E-state index is 12.5. The summed E-state index contributed by atoms with van der Waals surface area (Å²) in [6, 6.07) is 7.96. The van der Waals surface area contributed by atoms with Crippen molar-refractivity contribution in [2.24, 2.45) is 0 Å². The lowest BCUT2D eigenvalue weighted by atomic mass is 10.0. The topological polar surface area (TPSA) is 49.3 Å². The molecule has 2 aromatic rings. The molecule has 1 fully saturated rings. The lowest BCUT2D eigenvalue weighted by Gasteiger charge is -2.26. The molecule has 1 amide bonds. The van der Waals surface area contributed by atoms with E-state index in [0.29, 0.717) is 6.42 Å². The molecule has 0 aliphatic carbocycles. The summed E-state index contributed by atoms with van der Waals surface area (Å²) in [6.45, 7) is 9.42. The van der Waals surface area contributed by atoms with E-state index in [1.165, 1.54) is 5.56 Å². The van der Waals surface area contributed by atoms with Gasteiger partial charge in [0.25, 0.3) is 0 Å². The van der Waals surface area contributed by atoms with Crippen LogP contribution in [0.4, 0.5) is 5.82 Å². The van der Waals surface area contributed by atoms with E-state index < -0.39 is 0 Å². The van der Waals surface area contributed by atoms with Gasteiger partial charge in [-0.15, -0.1) is 0 Å². The van der Waals surface area contributed by atoms with Crippen LogP contribution in [0.1, 0.15) is 55.3 Å². The van der Waals surface area contributed by atoms with Gasteiger partial charge in [0.1, 0.15) is 11.6 Å². The van der Waals surface area contributed by atoms with Gasteiger partial charge in [-0.1, -0.05) is 37.1 Å². The Morgan fingerprint density at radius 2 is 1.83 bits per heavy atom. The van der Waals surface area contributed by atoms with Gasteiger partial charge in [-0.25, -0.2) is 9.97 Å². The van der Waals surface area contributed by atoms with Crippen molar-refractivity contribution in [2.45, 2.75) is 52.9 Å². The van der Waals surface area contributed by atoms with Crippen LogP contribution in [-0.2, 0) is 11.2 Å². The fraction of sp³-hybridized carbons (Fsp3) is 0.522. The molecule has 156 valence electrons. The highest BCUT2D eigenvalue weighted by Crippen LogP contribution is 2.26. The smallest absolute Gasteiger partial charge is 0.222 e. The predicted octanol–water partition coefficient (Wildman–Crippen LogP) is 4.57. The number of hydrogen-bond donors (Lipinski definition) is 0. The monoisotopic (exact) mass is 414 g/mol. The van der Waals surface area contributed by atoms with E-state index >= 15 is 0 Å². The lowest BCUT2D eigenvalue weighted by Crippen LogP contribution is -2.35. The normalized spacial score (nSPS) is 14.8. The van der Waals surface area contributed by atoms with E-state index in [1.807, 2.05) is 24.0 Å². The third-order valence-electron chi connectivity index (χ3n) is 5.49.